The molecule has 306 valence electrons. The standard InChI is InChI=1S/C38H48N2O12S4/c1-31-5-13-35(14-6-31)53(41,42)39(23-25-49-27-29-51-55(45,46)37-17-9-33(3)10-18-37)21-22-40(54(43,44)36-15-7-32(2)8-16-36)24-26-50-28-30-52-56(47,48)38-19-11-34(4)12-20-38/h5-20H,21-30H2,1-4H3. The molecule has 0 aromatic heterocycles. The number of hydrogen-bond acceptors (Lipinski definition) is 12. The molecule has 0 aliphatic heterocycles. The Hall–Kier alpha value is -3.56. The first kappa shape index (κ1) is 45.1. The lowest BCUT2D eigenvalue weighted by Gasteiger charge is -2.27. The predicted octanol–water partition coefficient (Wildman–Crippen LogP) is 4.45. The molecule has 56 heavy (non-hydrogen) atoms. The molecule has 18 heteroatoms. The van der Waals surface area contributed by atoms with Crippen molar-refractivity contribution in [3.63, 3.8) is 0 Å². The summed E-state index contributed by atoms with van der Waals surface area (Å²) in [5.74, 6) is 0. The molecule has 0 aliphatic carbocycles. The van der Waals surface area contributed by atoms with Gasteiger partial charge in [-0.2, -0.15) is 25.4 Å². The number of rotatable bonds is 23. The zero-order valence-electron chi connectivity index (χ0n) is 31.7. The van der Waals surface area contributed by atoms with E-state index in [9.17, 15) is 33.7 Å². The van der Waals surface area contributed by atoms with E-state index in [2.05, 4.69) is 0 Å². The molecule has 0 spiro atoms. The summed E-state index contributed by atoms with van der Waals surface area (Å²) in [6, 6.07) is 24.7. The van der Waals surface area contributed by atoms with E-state index >= 15 is 0 Å². The highest BCUT2D eigenvalue weighted by molar-refractivity contribution is 7.89. The van der Waals surface area contributed by atoms with Crippen molar-refractivity contribution in [1.82, 2.24) is 8.61 Å². The minimum atomic E-state index is -4.16. The van der Waals surface area contributed by atoms with E-state index in [1.165, 1.54) is 48.5 Å². The first-order valence-electron chi connectivity index (χ1n) is 17.6. The molecular weight excluding hydrogens is 805 g/mol. The van der Waals surface area contributed by atoms with Gasteiger partial charge < -0.3 is 9.47 Å². The highest BCUT2D eigenvalue weighted by Gasteiger charge is 2.29. The minimum Gasteiger partial charge on any atom is -0.378 e. The maximum atomic E-state index is 13.9. The molecule has 14 nitrogen and oxygen atoms in total. The van der Waals surface area contributed by atoms with Crippen LogP contribution in [-0.4, -0.2) is 108 Å². The lowest BCUT2D eigenvalue weighted by molar-refractivity contribution is 0.0890. The summed E-state index contributed by atoms with van der Waals surface area (Å²) in [5.41, 5.74) is 3.45. The van der Waals surface area contributed by atoms with Gasteiger partial charge in [0.05, 0.1) is 59.2 Å². The van der Waals surface area contributed by atoms with Crippen molar-refractivity contribution < 1.29 is 51.5 Å². The van der Waals surface area contributed by atoms with Gasteiger partial charge in [0.15, 0.2) is 0 Å². The van der Waals surface area contributed by atoms with E-state index in [4.69, 9.17) is 17.8 Å². The van der Waals surface area contributed by atoms with Gasteiger partial charge in [-0.15, -0.1) is 0 Å². The molecule has 0 saturated carbocycles. The minimum absolute atomic E-state index is 0.00611. The van der Waals surface area contributed by atoms with Gasteiger partial charge in [-0.05, 0) is 76.2 Å². The van der Waals surface area contributed by atoms with Crippen LogP contribution in [0.5, 0.6) is 0 Å². The van der Waals surface area contributed by atoms with Gasteiger partial charge in [0.25, 0.3) is 20.2 Å². The van der Waals surface area contributed by atoms with Crippen molar-refractivity contribution in [3.8, 4) is 0 Å². The summed E-state index contributed by atoms with van der Waals surface area (Å²) in [6.07, 6.45) is 0. The predicted molar refractivity (Wildman–Crippen MR) is 210 cm³/mol. The Kier molecular flexibility index (Phi) is 16.3. The molecule has 4 rings (SSSR count). The number of sulfonamides is 2. The molecule has 0 aliphatic rings. The third-order valence-electron chi connectivity index (χ3n) is 8.44. The van der Waals surface area contributed by atoms with E-state index in [-0.39, 0.29) is 85.4 Å². The van der Waals surface area contributed by atoms with Crippen LogP contribution in [0.4, 0.5) is 0 Å². The largest absolute Gasteiger partial charge is 0.378 e. The highest BCUT2D eigenvalue weighted by atomic mass is 32.2. The van der Waals surface area contributed by atoms with Gasteiger partial charge in [0.2, 0.25) is 20.0 Å². The first-order chi connectivity index (χ1) is 26.4. The van der Waals surface area contributed by atoms with Crippen LogP contribution in [0.25, 0.3) is 0 Å². The maximum Gasteiger partial charge on any atom is 0.297 e. The van der Waals surface area contributed by atoms with Crippen LogP contribution in [0.2, 0.25) is 0 Å². The Bertz CT molecular complexity index is 2130. The summed E-state index contributed by atoms with van der Waals surface area (Å²) < 4.78 is 129. The zero-order chi connectivity index (χ0) is 41.0. The zero-order valence-corrected chi connectivity index (χ0v) is 35.0. The molecule has 0 heterocycles. The Balaban J connectivity index is 1.42. The van der Waals surface area contributed by atoms with Crippen molar-refractivity contribution >= 4 is 40.3 Å². The molecule has 0 N–H and O–H groups in total. The average molecular weight is 853 g/mol. The molecule has 0 bridgehead atoms. The van der Waals surface area contributed by atoms with Crippen molar-refractivity contribution in [2.24, 2.45) is 0 Å². The first-order valence-corrected chi connectivity index (χ1v) is 23.3. The molecule has 4 aromatic carbocycles. The monoisotopic (exact) mass is 852 g/mol. The van der Waals surface area contributed by atoms with Gasteiger partial charge >= 0.3 is 0 Å². The number of benzene rings is 4. The fraction of sp³-hybridized carbons (Fsp3) is 0.368. The Morgan fingerprint density at radius 3 is 0.911 bits per heavy atom. The lowest BCUT2D eigenvalue weighted by atomic mass is 10.2. The second-order valence-corrected chi connectivity index (χ2v) is 19.9. The summed E-state index contributed by atoms with van der Waals surface area (Å²) in [4.78, 5) is -0.0261. The smallest absolute Gasteiger partial charge is 0.297 e. The molecule has 0 atom stereocenters. The number of hydrogen-bond donors (Lipinski definition) is 0. The fourth-order valence-electron chi connectivity index (χ4n) is 5.13. The molecule has 0 saturated heterocycles. The lowest BCUT2D eigenvalue weighted by Crippen LogP contribution is -2.43. The molecule has 0 radical (unpaired) electrons. The fourth-order valence-corrected chi connectivity index (χ4v) is 9.75. The normalized spacial score (nSPS) is 12.8. The molecule has 0 amide bonds. The highest BCUT2D eigenvalue weighted by Crippen LogP contribution is 2.20. The third-order valence-corrected chi connectivity index (χ3v) is 14.9. The van der Waals surface area contributed by atoms with E-state index < -0.39 is 40.3 Å². The topological polar surface area (TPSA) is 180 Å². The van der Waals surface area contributed by atoms with Crippen LogP contribution in [0.15, 0.2) is 117 Å². The Morgan fingerprint density at radius 1 is 0.357 bits per heavy atom. The molecule has 0 unspecified atom stereocenters. The average Bonchev–Trinajstić information content (AvgIpc) is 3.15. The SMILES string of the molecule is Cc1ccc(S(=O)(=O)OCCOCCN(CCN(CCOCCOS(=O)(=O)c2ccc(C)cc2)S(=O)(=O)c2ccc(C)cc2)S(=O)(=O)c2ccc(C)cc2)cc1. The van der Waals surface area contributed by atoms with E-state index in [0.717, 1.165) is 30.9 Å². The summed E-state index contributed by atoms with van der Waals surface area (Å²) in [5, 5.41) is 0. The number of nitrogens with zero attached hydrogens (tertiary/aromatic N) is 2. The maximum absolute atomic E-state index is 13.9. The van der Waals surface area contributed by atoms with Gasteiger partial charge in [0.1, 0.15) is 0 Å². The Labute approximate surface area is 331 Å². The van der Waals surface area contributed by atoms with E-state index in [1.54, 1.807) is 48.5 Å². The summed E-state index contributed by atoms with van der Waals surface area (Å²) in [6.45, 7) is 5.08. The van der Waals surface area contributed by atoms with Crippen LogP contribution >= 0.6 is 0 Å². The third kappa shape index (κ3) is 13.0. The van der Waals surface area contributed by atoms with Gasteiger partial charge in [-0.25, -0.2) is 16.8 Å². The molecule has 4 aromatic rings. The van der Waals surface area contributed by atoms with Crippen LogP contribution in [-0.2, 0) is 58.1 Å². The van der Waals surface area contributed by atoms with Crippen LogP contribution in [0, 0.1) is 27.7 Å². The van der Waals surface area contributed by atoms with E-state index in [0.29, 0.717) is 0 Å². The second kappa shape index (κ2) is 20.2. The van der Waals surface area contributed by atoms with Crippen molar-refractivity contribution in [1.29, 1.82) is 0 Å². The summed E-state index contributed by atoms with van der Waals surface area (Å²) in [7, 11) is -16.4. The van der Waals surface area contributed by atoms with Crippen molar-refractivity contribution in [2.75, 3.05) is 65.8 Å². The van der Waals surface area contributed by atoms with E-state index in [1.807, 2.05) is 27.7 Å². The number of aryl methyl sites for hydroxylation is 4. The van der Waals surface area contributed by atoms with Crippen molar-refractivity contribution in [3.05, 3.63) is 119 Å². The van der Waals surface area contributed by atoms with Crippen LogP contribution in [0.3, 0.4) is 0 Å². The van der Waals surface area contributed by atoms with Gasteiger partial charge in [-0.3, -0.25) is 8.37 Å². The Morgan fingerprint density at radius 2 is 0.625 bits per heavy atom. The second-order valence-electron chi connectivity index (χ2n) is 12.8. The molecular formula is C38H48N2O12S4. The van der Waals surface area contributed by atoms with Crippen LogP contribution < -0.4 is 0 Å². The number of ether oxygens (including phenoxy) is 2. The quantitative estimate of drug-likeness (QED) is 0.0758. The molecule has 0 fully saturated rings. The summed E-state index contributed by atoms with van der Waals surface area (Å²) >= 11 is 0. The van der Waals surface area contributed by atoms with Gasteiger partial charge in [-0.1, -0.05) is 70.8 Å². The van der Waals surface area contributed by atoms with Gasteiger partial charge in [0, 0.05) is 26.2 Å². The van der Waals surface area contributed by atoms with Crippen molar-refractivity contribution in [2.45, 2.75) is 47.3 Å². The van der Waals surface area contributed by atoms with Crippen LogP contribution in [0.1, 0.15) is 22.3 Å².